The van der Waals surface area contributed by atoms with Crippen LogP contribution < -0.4 is 5.32 Å². The van der Waals surface area contributed by atoms with Gasteiger partial charge >= 0.3 is 0 Å². The molecule has 154 valence electrons. The van der Waals surface area contributed by atoms with Crippen LogP contribution in [-0.4, -0.2) is 36.7 Å². The largest absolute Gasteiger partial charge is 0.326 e. The monoisotopic (exact) mass is 449 g/mol. The molecule has 3 aromatic rings. The standard InChI is InChI=1S/C20H23N3O3S3/c1-4-23(5-2)29(25,26)18-11-15(9-8-14(18)3)21-19(24)12-16-13-28-20(22-16)17-7-6-10-27-17/h6-11,13H,4-5,12H2,1-3H3,(H,21,24). The fourth-order valence-electron chi connectivity index (χ4n) is 2.93. The highest BCUT2D eigenvalue weighted by atomic mass is 32.2. The van der Waals surface area contributed by atoms with Crippen LogP contribution >= 0.6 is 22.7 Å². The van der Waals surface area contributed by atoms with Crippen LogP contribution in [0, 0.1) is 6.92 Å². The SMILES string of the molecule is CCN(CC)S(=O)(=O)c1cc(NC(=O)Cc2csc(-c3cccs3)n2)ccc1C. The Balaban J connectivity index is 1.74. The maximum Gasteiger partial charge on any atom is 0.243 e. The van der Waals surface area contributed by atoms with Crippen molar-refractivity contribution < 1.29 is 13.2 Å². The molecule has 0 aliphatic rings. The third-order valence-electron chi connectivity index (χ3n) is 4.42. The summed E-state index contributed by atoms with van der Waals surface area (Å²) in [5.41, 5.74) is 1.80. The predicted molar refractivity (Wildman–Crippen MR) is 119 cm³/mol. The minimum absolute atomic E-state index is 0.133. The topological polar surface area (TPSA) is 79.4 Å². The van der Waals surface area contributed by atoms with Crippen LogP contribution in [0.4, 0.5) is 5.69 Å². The molecule has 0 bridgehead atoms. The van der Waals surface area contributed by atoms with Gasteiger partial charge in [0.1, 0.15) is 5.01 Å². The fourth-order valence-corrected chi connectivity index (χ4v) is 6.27. The Morgan fingerprint density at radius 1 is 1.17 bits per heavy atom. The molecule has 9 heteroatoms. The number of amides is 1. The molecule has 29 heavy (non-hydrogen) atoms. The van der Waals surface area contributed by atoms with E-state index in [2.05, 4.69) is 10.3 Å². The van der Waals surface area contributed by atoms with E-state index >= 15 is 0 Å². The highest BCUT2D eigenvalue weighted by Gasteiger charge is 2.24. The van der Waals surface area contributed by atoms with Crippen molar-refractivity contribution in [1.82, 2.24) is 9.29 Å². The average Bonchev–Trinajstić information content (AvgIpc) is 3.35. The van der Waals surface area contributed by atoms with E-state index in [4.69, 9.17) is 0 Å². The fraction of sp³-hybridized carbons (Fsp3) is 0.300. The number of nitrogens with one attached hydrogen (secondary N) is 1. The van der Waals surface area contributed by atoms with Crippen LogP contribution in [0.5, 0.6) is 0 Å². The molecule has 6 nitrogen and oxygen atoms in total. The summed E-state index contributed by atoms with van der Waals surface area (Å²) >= 11 is 3.11. The smallest absolute Gasteiger partial charge is 0.243 e. The number of aryl methyl sites for hydroxylation is 1. The molecular formula is C20H23N3O3S3. The van der Waals surface area contributed by atoms with Crippen LogP contribution in [0.25, 0.3) is 9.88 Å². The van der Waals surface area contributed by atoms with Gasteiger partial charge in [-0.2, -0.15) is 4.31 Å². The third-order valence-corrected chi connectivity index (χ3v) is 8.54. The second kappa shape index (κ2) is 9.17. The minimum Gasteiger partial charge on any atom is -0.326 e. The molecule has 2 aromatic heterocycles. The summed E-state index contributed by atoms with van der Waals surface area (Å²) in [6, 6.07) is 8.92. The number of anilines is 1. The summed E-state index contributed by atoms with van der Waals surface area (Å²) in [7, 11) is -3.60. The molecule has 1 aromatic carbocycles. The Morgan fingerprint density at radius 2 is 1.93 bits per heavy atom. The number of sulfonamides is 1. The summed E-state index contributed by atoms with van der Waals surface area (Å²) in [5.74, 6) is -0.233. The molecule has 0 fully saturated rings. The normalized spacial score (nSPS) is 11.7. The lowest BCUT2D eigenvalue weighted by Gasteiger charge is -2.20. The van der Waals surface area contributed by atoms with E-state index in [1.54, 1.807) is 44.2 Å². The van der Waals surface area contributed by atoms with Crippen molar-refractivity contribution in [3.63, 3.8) is 0 Å². The van der Waals surface area contributed by atoms with Gasteiger partial charge in [0.25, 0.3) is 0 Å². The van der Waals surface area contributed by atoms with Crippen molar-refractivity contribution in [1.29, 1.82) is 0 Å². The molecule has 0 unspecified atom stereocenters. The first-order chi connectivity index (χ1) is 13.8. The number of hydrogen-bond acceptors (Lipinski definition) is 6. The molecule has 0 atom stereocenters. The van der Waals surface area contributed by atoms with E-state index in [-0.39, 0.29) is 17.2 Å². The van der Waals surface area contributed by atoms with Gasteiger partial charge in [0.15, 0.2) is 0 Å². The number of rotatable bonds is 8. The van der Waals surface area contributed by atoms with Crippen molar-refractivity contribution >= 4 is 44.3 Å². The Labute approximate surface area is 179 Å². The van der Waals surface area contributed by atoms with Crippen LogP contribution in [0.2, 0.25) is 0 Å². The summed E-state index contributed by atoms with van der Waals surface area (Å²) in [6.07, 6.45) is 0.133. The molecule has 0 saturated carbocycles. The average molecular weight is 450 g/mol. The number of carbonyl (C=O) groups is 1. The second-order valence-electron chi connectivity index (χ2n) is 6.42. The predicted octanol–water partition coefficient (Wildman–Crippen LogP) is 4.39. The molecule has 0 radical (unpaired) electrons. The van der Waals surface area contributed by atoms with Crippen LogP contribution in [-0.2, 0) is 21.2 Å². The summed E-state index contributed by atoms with van der Waals surface area (Å²) < 4.78 is 27.1. The van der Waals surface area contributed by atoms with Crippen LogP contribution in [0.3, 0.4) is 0 Å². The number of hydrogen-bond donors (Lipinski definition) is 1. The number of thiazole rings is 1. The van der Waals surface area contributed by atoms with Gasteiger partial charge in [-0.25, -0.2) is 13.4 Å². The first-order valence-corrected chi connectivity index (χ1v) is 12.4. The summed E-state index contributed by atoms with van der Waals surface area (Å²) in [4.78, 5) is 18.3. The van der Waals surface area contributed by atoms with Crippen molar-refractivity contribution in [2.75, 3.05) is 18.4 Å². The molecule has 0 saturated heterocycles. The van der Waals surface area contributed by atoms with Gasteiger partial charge in [-0.1, -0.05) is 26.0 Å². The molecule has 1 amide bonds. The summed E-state index contributed by atoms with van der Waals surface area (Å²) in [6.45, 7) is 6.15. The van der Waals surface area contributed by atoms with Crippen molar-refractivity contribution in [2.24, 2.45) is 0 Å². The molecule has 0 aliphatic carbocycles. The Bertz CT molecular complexity index is 1090. The number of aromatic nitrogens is 1. The Hall–Kier alpha value is -2.07. The molecule has 1 N–H and O–H groups in total. The Morgan fingerprint density at radius 3 is 2.59 bits per heavy atom. The van der Waals surface area contributed by atoms with Gasteiger partial charge in [-0.05, 0) is 36.1 Å². The molecule has 0 aliphatic heterocycles. The van der Waals surface area contributed by atoms with Gasteiger partial charge in [-0.15, -0.1) is 22.7 Å². The molecule has 0 spiro atoms. The summed E-state index contributed by atoms with van der Waals surface area (Å²) in [5, 5.41) is 7.55. The van der Waals surface area contributed by atoms with Gasteiger partial charge in [0.05, 0.1) is 21.9 Å². The molecular weight excluding hydrogens is 426 g/mol. The minimum atomic E-state index is -3.60. The molecule has 2 heterocycles. The van der Waals surface area contributed by atoms with E-state index in [1.165, 1.54) is 21.7 Å². The number of carbonyl (C=O) groups excluding carboxylic acids is 1. The van der Waals surface area contributed by atoms with Crippen molar-refractivity contribution in [2.45, 2.75) is 32.1 Å². The highest BCUT2D eigenvalue weighted by Crippen LogP contribution is 2.28. The van der Waals surface area contributed by atoms with E-state index < -0.39 is 10.0 Å². The Kier molecular flexibility index (Phi) is 6.84. The van der Waals surface area contributed by atoms with Crippen LogP contribution in [0.15, 0.2) is 46.0 Å². The number of benzene rings is 1. The zero-order chi connectivity index (χ0) is 21.0. The first kappa shape index (κ1) is 21.6. The van der Waals surface area contributed by atoms with Crippen molar-refractivity contribution in [3.05, 3.63) is 52.3 Å². The van der Waals surface area contributed by atoms with Gasteiger partial charge in [-0.3, -0.25) is 4.79 Å². The second-order valence-corrected chi connectivity index (χ2v) is 10.1. The van der Waals surface area contributed by atoms with Gasteiger partial charge < -0.3 is 5.32 Å². The number of thiophene rings is 1. The van der Waals surface area contributed by atoms with E-state index in [1.807, 2.05) is 22.9 Å². The molecule has 3 rings (SSSR count). The maximum atomic E-state index is 12.9. The van der Waals surface area contributed by atoms with E-state index in [9.17, 15) is 13.2 Å². The van der Waals surface area contributed by atoms with Crippen molar-refractivity contribution in [3.8, 4) is 9.88 Å². The lowest BCUT2D eigenvalue weighted by molar-refractivity contribution is -0.115. The number of nitrogens with zero attached hydrogens (tertiary/aromatic N) is 2. The lowest BCUT2D eigenvalue weighted by atomic mass is 10.2. The quantitative estimate of drug-likeness (QED) is 0.553. The van der Waals surface area contributed by atoms with E-state index in [0.717, 1.165) is 9.88 Å². The van der Waals surface area contributed by atoms with E-state index in [0.29, 0.717) is 30.0 Å². The zero-order valence-corrected chi connectivity index (χ0v) is 19.0. The van der Waals surface area contributed by atoms with Gasteiger partial charge in [0.2, 0.25) is 15.9 Å². The zero-order valence-electron chi connectivity index (χ0n) is 16.5. The van der Waals surface area contributed by atoms with Gasteiger partial charge in [0, 0.05) is 24.2 Å². The third kappa shape index (κ3) is 4.92. The first-order valence-electron chi connectivity index (χ1n) is 9.24. The highest BCUT2D eigenvalue weighted by molar-refractivity contribution is 7.89. The van der Waals surface area contributed by atoms with Crippen LogP contribution in [0.1, 0.15) is 25.1 Å². The maximum absolute atomic E-state index is 12.9. The lowest BCUT2D eigenvalue weighted by Crippen LogP contribution is -2.31.